The van der Waals surface area contributed by atoms with Crippen molar-refractivity contribution in [3.8, 4) is 22.5 Å². The van der Waals surface area contributed by atoms with Crippen LogP contribution < -0.4 is 22.1 Å². The zero-order valence-corrected chi connectivity index (χ0v) is 45.3. The first-order valence-corrected chi connectivity index (χ1v) is 28.1. The molecule has 426 valence electrons. The molecule has 0 radical (unpaired) electrons. The van der Waals surface area contributed by atoms with E-state index in [4.69, 9.17) is 31.9 Å². The molecule has 0 amide bonds. The van der Waals surface area contributed by atoms with Crippen molar-refractivity contribution in [2.45, 2.75) is 96.0 Å². The summed E-state index contributed by atoms with van der Waals surface area (Å²) in [4.78, 5) is 55.7. The van der Waals surface area contributed by atoms with Crippen molar-refractivity contribution in [3.63, 3.8) is 0 Å². The summed E-state index contributed by atoms with van der Waals surface area (Å²) in [5.41, 5.74) is 12.9. The molecule has 2 aromatic carbocycles. The highest BCUT2D eigenvalue weighted by Gasteiger charge is 2.41. The van der Waals surface area contributed by atoms with Gasteiger partial charge in [-0.1, -0.05) is 0 Å². The lowest BCUT2D eigenvalue weighted by Gasteiger charge is -2.30. The van der Waals surface area contributed by atoms with Crippen molar-refractivity contribution < 1.29 is 69.2 Å². The summed E-state index contributed by atoms with van der Waals surface area (Å²) in [6.45, 7) is 8.64. The van der Waals surface area contributed by atoms with Crippen LogP contribution in [0.15, 0.2) is 48.8 Å². The second-order valence-corrected chi connectivity index (χ2v) is 23.4. The summed E-state index contributed by atoms with van der Waals surface area (Å²) in [5, 5.41) is 41.1. The van der Waals surface area contributed by atoms with Crippen molar-refractivity contribution in [1.29, 1.82) is 0 Å². The molecule has 10 N–H and O–H groups in total. The quantitative estimate of drug-likeness (QED) is 0.0626. The van der Waals surface area contributed by atoms with Gasteiger partial charge in [-0.05, 0) is 101 Å². The Bertz CT molecular complexity index is 3290. The van der Waals surface area contributed by atoms with Crippen LogP contribution in [0, 0.1) is 37.1 Å². The Morgan fingerprint density at radius 2 is 0.962 bits per heavy atom. The van der Waals surface area contributed by atoms with E-state index in [1.54, 1.807) is 52.0 Å². The van der Waals surface area contributed by atoms with E-state index in [0.717, 1.165) is 12.4 Å². The molecule has 0 saturated carbocycles. The lowest BCUT2D eigenvalue weighted by Crippen LogP contribution is -2.42. The summed E-state index contributed by atoms with van der Waals surface area (Å²) in [5.74, 6) is -7.18. The van der Waals surface area contributed by atoms with Gasteiger partial charge in [0, 0.05) is 83.6 Å². The van der Waals surface area contributed by atoms with E-state index in [2.05, 4.69) is 40.5 Å². The second kappa shape index (κ2) is 24.9. The number of anilines is 2. The number of aliphatic carboxylic acids is 3. The zero-order chi connectivity index (χ0) is 58.5. The largest absolute Gasteiger partial charge is 0.481 e. The number of pyridine rings is 2. The Morgan fingerprint density at radius 3 is 1.25 bits per heavy atom. The summed E-state index contributed by atoms with van der Waals surface area (Å²) >= 11 is 0. The standard InChI is InChI=1S/2C22H26F2N6O2S.C6H8O7/c2*1-12-8-16(13(2)25)17-9-14(10-18(23)21(17)27-12)20-19(24)11-26-22(29-20)28-15-4-6-30(7-5-15)33(3,31)32;7-3(8)1-6(13,5(11)12)2-4(9)10/h2*8-11,13,15H,4-7,25H2,1-3H3,(H,26,28,29);13H,1-2H2,(H,7,8)(H,9,10)(H,11,12). The van der Waals surface area contributed by atoms with Crippen LogP contribution in [0.2, 0.25) is 0 Å². The third-order valence-electron chi connectivity index (χ3n) is 12.9. The third-order valence-corrected chi connectivity index (χ3v) is 15.5. The number of carboxylic acids is 3. The van der Waals surface area contributed by atoms with Gasteiger partial charge in [0.15, 0.2) is 17.2 Å². The van der Waals surface area contributed by atoms with Gasteiger partial charge in [-0.15, -0.1) is 0 Å². The number of sulfonamides is 2. The Balaban J connectivity index is 0.000000210. The Labute approximate surface area is 451 Å². The highest BCUT2D eigenvalue weighted by Crippen LogP contribution is 2.34. The first-order chi connectivity index (χ1) is 36.8. The summed E-state index contributed by atoms with van der Waals surface area (Å²) in [6, 6.07) is 8.43. The van der Waals surface area contributed by atoms with E-state index in [-0.39, 0.29) is 69.6 Å². The first-order valence-electron chi connectivity index (χ1n) is 24.4. The highest BCUT2D eigenvalue weighted by molar-refractivity contribution is 7.88. The molecule has 79 heavy (non-hydrogen) atoms. The zero-order valence-electron chi connectivity index (χ0n) is 43.7. The molecule has 4 aromatic heterocycles. The second-order valence-electron chi connectivity index (χ2n) is 19.4. The van der Waals surface area contributed by atoms with Gasteiger partial charge in [-0.2, -0.15) is 0 Å². The predicted molar refractivity (Wildman–Crippen MR) is 283 cm³/mol. The van der Waals surface area contributed by atoms with E-state index < -0.39 is 79.7 Å². The normalized spacial score (nSPS) is 15.8. The number of carboxylic acid groups (broad SMARTS) is 3. The number of nitrogens with zero attached hydrogens (tertiary/aromatic N) is 8. The van der Waals surface area contributed by atoms with Crippen LogP contribution in [0.4, 0.5) is 29.5 Å². The molecular weight excluding hydrogens is 1080 g/mol. The fourth-order valence-corrected chi connectivity index (χ4v) is 10.7. The van der Waals surface area contributed by atoms with E-state index in [9.17, 15) is 48.8 Å². The minimum absolute atomic E-state index is 0.0435. The molecule has 0 aliphatic carbocycles. The Kier molecular flexibility index (Phi) is 19.2. The van der Waals surface area contributed by atoms with Crippen LogP contribution in [0.5, 0.6) is 0 Å². The fourth-order valence-electron chi connectivity index (χ4n) is 8.94. The molecule has 2 saturated heterocycles. The first kappa shape index (κ1) is 61.1. The summed E-state index contributed by atoms with van der Waals surface area (Å²) in [7, 11) is -6.46. The van der Waals surface area contributed by atoms with Crippen molar-refractivity contribution >= 4 is 71.7 Å². The van der Waals surface area contributed by atoms with E-state index >= 15 is 0 Å². The number of piperidine rings is 2. The predicted octanol–water partition coefficient (Wildman–Crippen LogP) is 5.02. The van der Waals surface area contributed by atoms with Crippen LogP contribution in [-0.4, -0.2) is 150 Å². The van der Waals surface area contributed by atoms with Gasteiger partial charge >= 0.3 is 17.9 Å². The van der Waals surface area contributed by atoms with Gasteiger partial charge in [0.2, 0.25) is 31.9 Å². The molecule has 29 heteroatoms. The number of aryl methyl sites for hydroxylation is 2. The maximum Gasteiger partial charge on any atom is 0.336 e. The number of carbonyl (C=O) groups is 3. The maximum absolute atomic E-state index is 15.0. The molecule has 23 nitrogen and oxygen atoms in total. The maximum atomic E-state index is 15.0. The molecule has 2 aliphatic heterocycles. The average molecular weight is 1150 g/mol. The number of aromatic nitrogens is 6. The van der Waals surface area contributed by atoms with Gasteiger partial charge in [-0.3, -0.25) is 19.6 Å². The third kappa shape index (κ3) is 15.6. The van der Waals surface area contributed by atoms with Crippen molar-refractivity contribution in [1.82, 2.24) is 38.5 Å². The van der Waals surface area contributed by atoms with Crippen molar-refractivity contribution in [2.24, 2.45) is 11.5 Å². The van der Waals surface area contributed by atoms with Crippen LogP contribution in [0.25, 0.3) is 44.3 Å². The van der Waals surface area contributed by atoms with E-state index in [1.807, 2.05) is 0 Å². The number of aliphatic hydroxyl groups is 1. The Hall–Kier alpha value is -7.15. The molecule has 0 spiro atoms. The number of benzene rings is 2. The number of rotatable bonds is 15. The molecule has 2 atom stereocenters. The van der Waals surface area contributed by atoms with Crippen molar-refractivity contribution in [3.05, 3.63) is 94.6 Å². The summed E-state index contributed by atoms with van der Waals surface area (Å²) < 4.78 is 109. The Morgan fingerprint density at radius 1 is 0.620 bits per heavy atom. The number of nitrogens with two attached hydrogens (primary N) is 2. The topological polar surface area (TPSA) is 360 Å². The number of hydrogen-bond acceptors (Lipinski definition) is 18. The van der Waals surface area contributed by atoms with Gasteiger partial charge in [0.05, 0.1) is 37.7 Å². The van der Waals surface area contributed by atoms with Gasteiger partial charge in [0.1, 0.15) is 34.1 Å². The lowest BCUT2D eigenvalue weighted by molar-refractivity contribution is -0.170. The smallest absolute Gasteiger partial charge is 0.336 e. The van der Waals surface area contributed by atoms with Gasteiger partial charge in [-0.25, -0.2) is 67.7 Å². The molecule has 2 unspecified atom stereocenters. The molecule has 2 aliphatic rings. The number of nitrogens with one attached hydrogen (secondary N) is 2. The molecule has 2 fully saturated rings. The molecule has 0 bridgehead atoms. The average Bonchev–Trinajstić information content (AvgIpc) is 3.34. The summed E-state index contributed by atoms with van der Waals surface area (Å²) in [6.07, 6.45) is 4.43. The van der Waals surface area contributed by atoms with Gasteiger partial charge < -0.3 is 42.5 Å². The SMILES string of the molecule is Cc1cc(C(C)N)c2cc(-c3nc(NC4CCN(S(C)(=O)=O)CC4)ncc3F)cc(F)c2n1.Cc1cc(C(C)N)c2cc(-c3nc(NC4CCN(S(C)(=O)=O)CC4)ncc3F)cc(F)c2n1.O=C(O)CC(O)(CC(=O)O)C(=O)O. The van der Waals surface area contributed by atoms with Crippen LogP contribution in [-0.2, 0) is 34.4 Å². The minimum atomic E-state index is -3.23. The minimum Gasteiger partial charge on any atom is -0.481 e. The molecule has 6 aromatic rings. The number of fused-ring (bicyclic) bond motifs is 2. The van der Waals surface area contributed by atoms with Crippen LogP contribution in [0.1, 0.15) is 87.0 Å². The van der Waals surface area contributed by atoms with Crippen LogP contribution in [0.3, 0.4) is 0 Å². The van der Waals surface area contributed by atoms with Crippen LogP contribution >= 0.6 is 0 Å². The fraction of sp³-hybridized carbons (Fsp3) is 0.420. The lowest BCUT2D eigenvalue weighted by atomic mass is 9.96. The highest BCUT2D eigenvalue weighted by atomic mass is 32.2. The van der Waals surface area contributed by atoms with E-state index in [0.29, 0.717) is 85.1 Å². The molecular formula is C50H60F4N12O11S2. The molecule has 8 rings (SSSR count). The van der Waals surface area contributed by atoms with Gasteiger partial charge in [0.25, 0.3) is 0 Å². The monoisotopic (exact) mass is 1140 g/mol. The van der Waals surface area contributed by atoms with E-state index in [1.165, 1.54) is 33.3 Å². The number of hydrogen-bond donors (Lipinski definition) is 8. The van der Waals surface area contributed by atoms with Crippen molar-refractivity contribution in [2.75, 3.05) is 49.3 Å². The number of halogens is 4. The molecule has 6 heterocycles.